The summed E-state index contributed by atoms with van der Waals surface area (Å²) < 4.78 is 4.59. The van der Waals surface area contributed by atoms with Gasteiger partial charge in [0.1, 0.15) is 12.1 Å². The number of esters is 1. The summed E-state index contributed by atoms with van der Waals surface area (Å²) in [4.78, 5) is 61.8. The first-order valence-corrected chi connectivity index (χ1v) is 8.54. The maximum absolute atomic E-state index is 12.6. The molecule has 0 saturated carbocycles. The molecule has 150 valence electrons. The van der Waals surface area contributed by atoms with Crippen molar-refractivity contribution in [1.29, 1.82) is 0 Å². The third-order valence-electron chi connectivity index (χ3n) is 4.25. The summed E-state index contributed by atoms with van der Waals surface area (Å²) in [5, 5.41) is 2.43. The Labute approximate surface area is 157 Å². The van der Waals surface area contributed by atoms with Crippen molar-refractivity contribution in [1.82, 2.24) is 15.1 Å². The lowest BCUT2D eigenvalue weighted by Crippen LogP contribution is -2.50. The summed E-state index contributed by atoms with van der Waals surface area (Å²) in [6.45, 7) is 3.57. The number of carbonyl (C=O) groups is 5. The SMILES string of the molecule is C=CC(=O)N1CCCC1C(=O)N(C)CC(=O)NC(CCC(N)=O)C(=O)OC. The minimum atomic E-state index is -1.04. The first-order chi connectivity index (χ1) is 12.7. The van der Waals surface area contributed by atoms with E-state index in [0.717, 1.165) is 13.2 Å². The Morgan fingerprint density at radius 2 is 2.04 bits per heavy atom. The number of methoxy groups -OCH3 is 1. The van der Waals surface area contributed by atoms with Crippen molar-refractivity contribution in [3.63, 3.8) is 0 Å². The first-order valence-electron chi connectivity index (χ1n) is 8.54. The lowest BCUT2D eigenvalue weighted by atomic mass is 10.1. The number of hydrogen-bond donors (Lipinski definition) is 2. The maximum Gasteiger partial charge on any atom is 0.328 e. The van der Waals surface area contributed by atoms with Crippen LogP contribution in [0.25, 0.3) is 0 Å². The number of nitrogens with one attached hydrogen (secondary N) is 1. The van der Waals surface area contributed by atoms with Crippen molar-refractivity contribution in [2.24, 2.45) is 5.73 Å². The summed E-state index contributed by atoms with van der Waals surface area (Å²) in [7, 11) is 2.60. The molecule has 1 saturated heterocycles. The third kappa shape index (κ3) is 6.39. The molecule has 4 amide bonds. The number of nitrogens with two attached hydrogens (primary N) is 1. The maximum atomic E-state index is 12.6. The molecule has 10 heteroatoms. The number of ether oxygens (including phenoxy) is 1. The van der Waals surface area contributed by atoms with E-state index in [0.29, 0.717) is 19.4 Å². The van der Waals surface area contributed by atoms with E-state index in [1.165, 1.54) is 16.8 Å². The number of primary amides is 1. The van der Waals surface area contributed by atoms with Gasteiger partial charge in [0.15, 0.2) is 0 Å². The number of likely N-dealkylation sites (tertiary alicyclic amines) is 1. The van der Waals surface area contributed by atoms with Crippen molar-refractivity contribution in [2.75, 3.05) is 27.2 Å². The fourth-order valence-corrected chi connectivity index (χ4v) is 2.87. The van der Waals surface area contributed by atoms with Crippen LogP contribution in [0.3, 0.4) is 0 Å². The highest BCUT2D eigenvalue weighted by Crippen LogP contribution is 2.19. The van der Waals surface area contributed by atoms with Crippen LogP contribution in [0.15, 0.2) is 12.7 Å². The first kappa shape index (κ1) is 22.1. The Kier molecular flexibility index (Phi) is 8.43. The normalized spacial score (nSPS) is 17.0. The standard InChI is InChI=1S/C17H26N4O6/c1-4-15(24)21-9-5-6-12(21)16(25)20(2)10-14(23)19-11(17(26)27-3)7-8-13(18)22/h4,11-12H,1,5-10H2,2-3H3,(H2,18,22)(H,19,23). The highest BCUT2D eigenvalue weighted by atomic mass is 16.5. The average Bonchev–Trinajstić information content (AvgIpc) is 3.12. The van der Waals surface area contributed by atoms with Gasteiger partial charge >= 0.3 is 5.97 Å². The molecule has 3 N–H and O–H groups in total. The molecule has 10 nitrogen and oxygen atoms in total. The van der Waals surface area contributed by atoms with Gasteiger partial charge in [0.25, 0.3) is 0 Å². The van der Waals surface area contributed by atoms with Crippen molar-refractivity contribution in [3.05, 3.63) is 12.7 Å². The van der Waals surface area contributed by atoms with E-state index >= 15 is 0 Å². The number of rotatable bonds is 9. The second kappa shape index (κ2) is 10.3. The Morgan fingerprint density at radius 3 is 2.59 bits per heavy atom. The van der Waals surface area contributed by atoms with E-state index in [1.807, 2.05) is 0 Å². The monoisotopic (exact) mass is 382 g/mol. The average molecular weight is 382 g/mol. The van der Waals surface area contributed by atoms with E-state index in [9.17, 15) is 24.0 Å². The predicted octanol–water partition coefficient (Wildman–Crippen LogP) is -1.45. The minimum Gasteiger partial charge on any atom is -0.467 e. The molecule has 0 bridgehead atoms. The second-order valence-electron chi connectivity index (χ2n) is 6.24. The molecule has 1 rings (SSSR count). The Hall–Kier alpha value is -2.91. The molecule has 27 heavy (non-hydrogen) atoms. The van der Waals surface area contributed by atoms with Crippen LogP contribution in [0.5, 0.6) is 0 Å². The van der Waals surface area contributed by atoms with Gasteiger partial charge in [0, 0.05) is 20.0 Å². The molecule has 0 aromatic rings. The number of amides is 4. The summed E-state index contributed by atoms with van der Waals surface area (Å²) in [5.74, 6) is -2.62. The molecule has 2 atom stereocenters. The van der Waals surface area contributed by atoms with Gasteiger partial charge in [-0.15, -0.1) is 0 Å². The summed E-state index contributed by atoms with van der Waals surface area (Å²) in [6.07, 6.45) is 2.24. The van der Waals surface area contributed by atoms with Crippen LogP contribution < -0.4 is 11.1 Å². The zero-order valence-electron chi connectivity index (χ0n) is 15.6. The summed E-state index contributed by atoms with van der Waals surface area (Å²) in [5.41, 5.74) is 5.06. The Morgan fingerprint density at radius 1 is 1.37 bits per heavy atom. The van der Waals surface area contributed by atoms with Gasteiger partial charge in [0.2, 0.25) is 23.6 Å². The van der Waals surface area contributed by atoms with E-state index in [1.54, 1.807) is 0 Å². The molecule has 0 aliphatic carbocycles. The zero-order chi connectivity index (χ0) is 20.6. The van der Waals surface area contributed by atoms with Gasteiger partial charge in [-0.1, -0.05) is 6.58 Å². The molecular formula is C17H26N4O6. The number of nitrogens with zero attached hydrogens (tertiary/aromatic N) is 2. The van der Waals surface area contributed by atoms with Crippen LogP contribution in [0.1, 0.15) is 25.7 Å². The predicted molar refractivity (Wildman–Crippen MR) is 94.9 cm³/mol. The number of likely N-dealkylation sites (N-methyl/N-ethyl adjacent to an activating group) is 1. The fraction of sp³-hybridized carbons (Fsp3) is 0.588. The molecule has 0 radical (unpaired) electrons. The molecule has 1 heterocycles. The lowest BCUT2D eigenvalue weighted by molar-refractivity contribution is -0.146. The molecule has 0 aromatic carbocycles. The minimum absolute atomic E-state index is 0.00432. The summed E-state index contributed by atoms with van der Waals surface area (Å²) >= 11 is 0. The number of carbonyl (C=O) groups excluding carboxylic acids is 5. The van der Waals surface area contributed by atoms with Gasteiger partial charge < -0.3 is 25.6 Å². The zero-order valence-corrected chi connectivity index (χ0v) is 15.6. The molecule has 1 aliphatic heterocycles. The highest BCUT2D eigenvalue weighted by molar-refractivity contribution is 5.94. The fourth-order valence-electron chi connectivity index (χ4n) is 2.87. The largest absolute Gasteiger partial charge is 0.467 e. The van der Waals surface area contributed by atoms with Crippen LogP contribution >= 0.6 is 0 Å². The third-order valence-corrected chi connectivity index (χ3v) is 4.25. The molecular weight excluding hydrogens is 356 g/mol. The molecule has 1 aliphatic rings. The van der Waals surface area contributed by atoms with E-state index in [2.05, 4.69) is 16.6 Å². The molecule has 0 aromatic heterocycles. The van der Waals surface area contributed by atoms with E-state index in [-0.39, 0.29) is 31.2 Å². The molecule has 0 spiro atoms. The van der Waals surface area contributed by atoms with Crippen LogP contribution in [0, 0.1) is 0 Å². The van der Waals surface area contributed by atoms with Crippen molar-refractivity contribution in [3.8, 4) is 0 Å². The van der Waals surface area contributed by atoms with Gasteiger partial charge in [-0.25, -0.2) is 4.79 Å². The summed E-state index contributed by atoms with van der Waals surface area (Å²) in [6, 6.07) is -1.68. The van der Waals surface area contributed by atoms with Crippen LogP contribution in [0.4, 0.5) is 0 Å². The van der Waals surface area contributed by atoms with Crippen molar-refractivity contribution >= 4 is 29.6 Å². The second-order valence-corrected chi connectivity index (χ2v) is 6.24. The van der Waals surface area contributed by atoms with Gasteiger partial charge in [-0.2, -0.15) is 0 Å². The van der Waals surface area contributed by atoms with Gasteiger partial charge in [-0.05, 0) is 25.3 Å². The molecule has 2 unspecified atom stereocenters. The highest BCUT2D eigenvalue weighted by Gasteiger charge is 2.35. The van der Waals surface area contributed by atoms with Crippen LogP contribution in [0.2, 0.25) is 0 Å². The molecule has 1 fully saturated rings. The van der Waals surface area contributed by atoms with Crippen LogP contribution in [-0.2, 0) is 28.7 Å². The topological polar surface area (TPSA) is 139 Å². The van der Waals surface area contributed by atoms with Crippen molar-refractivity contribution < 1.29 is 28.7 Å². The van der Waals surface area contributed by atoms with E-state index in [4.69, 9.17) is 5.73 Å². The smallest absolute Gasteiger partial charge is 0.328 e. The van der Waals surface area contributed by atoms with Gasteiger partial charge in [-0.3, -0.25) is 19.2 Å². The number of hydrogen-bond acceptors (Lipinski definition) is 6. The van der Waals surface area contributed by atoms with Gasteiger partial charge in [0.05, 0.1) is 13.7 Å². The Balaban J connectivity index is 2.66. The van der Waals surface area contributed by atoms with Crippen LogP contribution in [-0.4, -0.2) is 78.7 Å². The Bertz CT molecular complexity index is 621. The van der Waals surface area contributed by atoms with Crippen molar-refractivity contribution in [2.45, 2.75) is 37.8 Å². The van der Waals surface area contributed by atoms with E-state index < -0.39 is 29.9 Å². The lowest BCUT2D eigenvalue weighted by Gasteiger charge is -2.27. The quantitative estimate of drug-likeness (QED) is 0.369.